The summed E-state index contributed by atoms with van der Waals surface area (Å²) in [5, 5.41) is 0. The normalized spacial score (nSPS) is 13.0. The molecule has 0 aromatic carbocycles. The van der Waals surface area contributed by atoms with Crippen LogP contribution in [-0.2, 0) is 0 Å². The average Bonchev–Trinajstić information content (AvgIpc) is 3.03. The molecular weight excluding hydrogens is 542 g/mol. The Hall–Kier alpha value is -0.820. The Morgan fingerprint density at radius 1 is 0.356 bits per heavy atom. The molecule has 0 aliphatic heterocycles. The summed E-state index contributed by atoms with van der Waals surface area (Å²) in [7, 11) is 4.42. The number of allylic oxidation sites excluding steroid dienone is 6. The summed E-state index contributed by atoms with van der Waals surface area (Å²) in [5.41, 5.74) is 0. The van der Waals surface area contributed by atoms with Gasteiger partial charge in [-0.3, -0.25) is 0 Å². The van der Waals surface area contributed by atoms with E-state index < -0.39 is 0 Å². The van der Waals surface area contributed by atoms with Crippen LogP contribution in [0.2, 0.25) is 0 Å². The van der Waals surface area contributed by atoms with Gasteiger partial charge in [-0.05, 0) is 90.8 Å². The topological polar surface area (TPSA) is 3.24 Å². The van der Waals surface area contributed by atoms with Crippen molar-refractivity contribution in [1.82, 2.24) is 4.90 Å². The fraction of sp³-hybridized carbons (Fsp3) is 0.864. The van der Waals surface area contributed by atoms with Gasteiger partial charge in [-0.1, -0.05) is 192 Å². The van der Waals surface area contributed by atoms with E-state index in [2.05, 4.69) is 69.3 Å². The van der Waals surface area contributed by atoms with E-state index in [-0.39, 0.29) is 0 Å². The lowest BCUT2D eigenvalue weighted by Gasteiger charge is -2.17. The maximum absolute atomic E-state index is 2.43. The molecule has 0 spiro atoms. The lowest BCUT2D eigenvalue weighted by molar-refractivity contribution is 0.352. The minimum Gasteiger partial charge on any atom is -0.309 e. The van der Waals surface area contributed by atoms with Crippen molar-refractivity contribution >= 4 is 0 Å². The van der Waals surface area contributed by atoms with E-state index in [1.165, 1.54) is 206 Å². The number of rotatable bonds is 37. The van der Waals surface area contributed by atoms with E-state index >= 15 is 0 Å². The van der Waals surface area contributed by atoms with Crippen molar-refractivity contribution in [3.8, 4) is 0 Å². The summed E-state index contributed by atoms with van der Waals surface area (Å²) < 4.78 is 0. The predicted octanol–water partition coefficient (Wildman–Crippen LogP) is 15.4. The molecule has 1 nitrogen and oxygen atoms in total. The van der Waals surface area contributed by atoms with Crippen molar-refractivity contribution in [2.75, 3.05) is 20.6 Å². The molecule has 0 N–H and O–H groups in total. The molecule has 0 bridgehead atoms. The van der Waals surface area contributed by atoms with Crippen LogP contribution in [0.3, 0.4) is 0 Å². The Kier molecular flexibility index (Phi) is 38.6. The zero-order valence-electron chi connectivity index (χ0n) is 31.8. The monoisotopic (exact) mass is 628 g/mol. The average molecular weight is 628 g/mol. The Morgan fingerprint density at radius 3 is 1.04 bits per heavy atom. The molecule has 1 heteroatoms. The van der Waals surface area contributed by atoms with Gasteiger partial charge in [0.25, 0.3) is 0 Å². The van der Waals surface area contributed by atoms with Gasteiger partial charge < -0.3 is 4.90 Å². The van der Waals surface area contributed by atoms with Crippen molar-refractivity contribution in [3.05, 3.63) is 36.5 Å². The Balaban J connectivity index is 3.84. The van der Waals surface area contributed by atoms with E-state index in [0.717, 1.165) is 12.3 Å². The van der Waals surface area contributed by atoms with Crippen LogP contribution in [0, 0.1) is 5.92 Å². The lowest BCUT2D eigenvalue weighted by atomic mass is 9.89. The molecule has 0 fully saturated rings. The van der Waals surface area contributed by atoms with Gasteiger partial charge in [0.15, 0.2) is 0 Å². The molecule has 0 aliphatic rings. The summed E-state index contributed by atoms with van der Waals surface area (Å²) in [6.45, 7) is 5.82. The smallest absolute Gasteiger partial charge is 0.00248 e. The largest absolute Gasteiger partial charge is 0.309 e. The van der Waals surface area contributed by atoms with Crippen LogP contribution >= 0.6 is 0 Å². The predicted molar refractivity (Wildman–Crippen MR) is 209 cm³/mol. The lowest BCUT2D eigenvalue weighted by Crippen LogP contribution is -2.12. The van der Waals surface area contributed by atoms with Crippen LogP contribution < -0.4 is 0 Å². The highest BCUT2D eigenvalue weighted by Gasteiger charge is 2.09. The molecule has 1 unspecified atom stereocenters. The van der Waals surface area contributed by atoms with Gasteiger partial charge in [-0.15, -0.1) is 0 Å². The quantitative estimate of drug-likeness (QED) is 0.0489. The fourth-order valence-corrected chi connectivity index (χ4v) is 6.57. The van der Waals surface area contributed by atoms with E-state index in [9.17, 15) is 0 Å². The maximum atomic E-state index is 2.43. The van der Waals surface area contributed by atoms with Gasteiger partial charge in [0.05, 0.1) is 0 Å². The minimum atomic E-state index is 0.996. The Bertz CT molecular complexity index is 614. The van der Waals surface area contributed by atoms with Crippen LogP contribution in [0.15, 0.2) is 36.5 Å². The standard InChI is InChI=1S/C44H85N/c1-5-7-9-11-13-15-17-19-21-23-25-27-29-31-33-36-40-44(42-38-35-39-43-45(3)4)41-37-34-32-30-28-26-24-22-20-18-16-14-12-10-8-6-2/h13-16,19,21,44H,5-12,17-18,20,22-43H2,1-4H3/b15-13-,16-14-,21-19-. The number of hydrogen-bond donors (Lipinski definition) is 0. The third-order valence-corrected chi connectivity index (χ3v) is 9.65. The van der Waals surface area contributed by atoms with Crippen molar-refractivity contribution in [2.45, 2.75) is 219 Å². The fourth-order valence-electron chi connectivity index (χ4n) is 6.57. The minimum absolute atomic E-state index is 0.996. The summed E-state index contributed by atoms with van der Waals surface area (Å²) in [6, 6.07) is 0. The highest BCUT2D eigenvalue weighted by molar-refractivity contribution is 4.92. The Labute approximate surface area is 286 Å². The summed E-state index contributed by atoms with van der Waals surface area (Å²) in [6.07, 6.45) is 59.2. The first-order chi connectivity index (χ1) is 22.2. The van der Waals surface area contributed by atoms with Crippen molar-refractivity contribution in [1.29, 1.82) is 0 Å². The molecule has 0 heterocycles. The third kappa shape index (κ3) is 39.3. The van der Waals surface area contributed by atoms with Gasteiger partial charge in [-0.25, -0.2) is 0 Å². The molecule has 0 amide bonds. The zero-order valence-corrected chi connectivity index (χ0v) is 31.8. The van der Waals surface area contributed by atoms with Crippen LogP contribution in [0.25, 0.3) is 0 Å². The molecule has 0 aromatic rings. The molecule has 0 radical (unpaired) electrons. The van der Waals surface area contributed by atoms with Crippen LogP contribution in [0.5, 0.6) is 0 Å². The molecule has 0 saturated carbocycles. The highest BCUT2D eigenvalue weighted by Crippen LogP contribution is 2.24. The molecule has 45 heavy (non-hydrogen) atoms. The van der Waals surface area contributed by atoms with Crippen molar-refractivity contribution in [3.63, 3.8) is 0 Å². The number of hydrogen-bond acceptors (Lipinski definition) is 1. The SMILES string of the molecule is CCCCC/C=C\C/C=C\CCCCCCCCC(CCCCCCCCCCC/C=C\CCCCC)CCCCCN(C)C. The van der Waals surface area contributed by atoms with Crippen LogP contribution in [0.4, 0.5) is 0 Å². The van der Waals surface area contributed by atoms with Crippen molar-refractivity contribution < 1.29 is 0 Å². The van der Waals surface area contributed by atoms with Gasteiger partial charge in [0.1, 0.15) is 0 Å². The number of unbranched alkanes of at least 4 members (excludes halogenated alkanes) is 23. The molecule has 0 saturated heterocycles. The van der Waals surface area contributed by atoms with Crippen LogP contribution in [-0.4, -0.2) is 25.5 Å². The van der Waals surface area contributed by atoms with Crippen molar-refractivity contribution in [2.24, 2.45) is 5.92 Å². The van der Waals surface area contributed by atoms with E-state index in [4.69, 9.17) is 0 Å². The molecular formula is C44H85N. The van der Waals surface area contributed by atoms with Gasteiger partial charge >= 0.3 is 0 Å². The Morgan fingerprint density at radius 2 is 0.667 bits per heavy atom. The second-order valence-corrected chi connectivity index (χ2v) is 14.6. The van der Waals surface area contributed by atoms with Crippen LogP contribution in [0.1, 0.15) is 219 Å². The molecule has 266 valence electrons. The molecule has 0 aliphatic carbocycles. The summed E-state index contributed by atoms with van der Waals surface area (Å²) in [5.74, 6) is 0.996. The molecule has 0 rings (SSSR count). The second kappa shape index (κ2) is 39.4. The molecule has 0 aromatic heterocycles. The summed E-state index contributed by atoms with van der Waals surface area (Å²) >= 11 is 0. The second-order valence-electron chi connectivity index (χ2n) is 14.6. The van der Waals surface area contributed by atoms with Gasteiger partial charge in [0.2, 0.25) is 0 Å². The number of nitrogens with zero attached hydrogens (tertiary/aromatic N) is 1. The van der Waals surface area contributed by atoms with Gasteiger partial charge in [0, 0.05) is 0 Å². The zero-order chi connectivity index (χ0) is 32.7. The maximum Gasteiger partial charge on any atom is -0.00248 e. The van der Waals surface area contributed by atoms with Gasteiger partial charge in [-0.2, -0.15) is 0 Å². The summed E-state index contributed by atoms with van der Waals surface area (Å²) in [4.78, 5) is 2.34. The first-order valence-electron chi connectivity index (χ1n) is 20.8. The highest BCUT2D eigenvalue weighted by atomic mass is 15.0. The van der Waals surface area contributed by atoms with E-state index in [1.807, 2.05) is 0 Å². The van der Waals surface area contributed by atoms with E-state index in [1.54, 1.807) is 0 Å². The van der Waals surface area contributed by atoms with E-state index in [0.29, 0.717) is 0 Å². The third-order valence-electron chi connectivity index (χ3n) is 9.65. The molecule has 1 atom stereocenters. The first kappa shape index (κ1) is 44.2. The first-order valence-corrected chi connectivity index (χ1v) is 20.8.